The van der Waals surface area contributed by atoms with Crippen molar-refractivity contribution in [3.05, 3.63) is 36.2 Å². The van der Waals surface area contributed by atoms with Crippen LogP contribution in [0.2, 0.25) is 0 Å². The Kier molecular flexibility index (Phi) is 6.75. The van der Waals surface area contributed by atoms with Crippen molar-refractivity contribution in [2.24, 2.45) is 0 Å². The third-order valence-electron chi connectivity index (χ3n) is 5.02. The number of hydrogen-bond acceptors (Lipinski definition) is 6. The second-order valence-corrected chi connectivity index (χ2v) is 7.03. The van der Waals surface area contributed by atoms with Gasteiger partial charge in [0.25, 0.3) is 0 Å². The summed E-state index contributed by atoms with van der Waals surface area (Å²) in [6, 6.07) is 0. The van der Waals surface area contributed by atoms with E-state index in [-0.39, 0.29) is 0 Å². The molecule has 6 nitrogen and oxygen atoms in total. The quantitative estimate of drug-likeness (QED) is 0.822. The second kappa shape index (κ2) is 9.46. The number of nitrogens with zero attached hydrogens (tertiary/aromatic N) is 6. The van der Waals surface area contributed by atoms with Crippen LogP contribution in [0.15, 0.2) is 24.8 Å². The summed E-state index contributed by atoms with van der Waals surface area (Å²) in [5.74, 6) is 2.14. The van der Waals surface area contributed by atoms with Gasteiger partial charge in [-0.15, -0.1) is 0 Å². The second-order valence-electron chi connectivity index (χ2n) is 7.03. The van der Waals surface area contributed by atoms with Gasteiger partial charge in [0.2, 0.25) is 0 Å². The van der Waals surface area contributed by atoms with Gasteiger partial charge in [-0.1, -0.05) is 0 Å². The number of hydrogen-bond donors (Lipinski definition) is 0. The first kappa shape index (κ1) is 18.5. The molecule has 0 amide bonds. The molecule has 0 radical (unpaired) electrons. The van der Waals surface area contributed by atoms with Crippen LogP contribution in [0.3, 0.4) is 0 Å². The molecule has 0 unspecified atom stereocenters. The average Bonchev–Trinajstić information content (AvgIpc) is 2.71. The highest BCUT2D eigenvalue weighted by molar-refractivity contribution is 5.43. The standard InChI is InChI=1S/2C10H15N3/c2*1-9-10(12-6-5-11-9)13-7-3-2-4-8-13/h2*5-6H,2-4,7-8H2,1H3. The van der Waals surface area contributed by atoms with Crippen LogP contribution in [-0.2, 0) is 0 Å². The fraction of sp³-hybridized carbons (Fsp3) is 0.600. The summed E-state index contributed by atoms with van der Waals surface area (Å²) < 4.78 is 0. The number of anilines is 2. The lowest BCUT2D eigenvalue weighted by Gasteiger charge is -2.28. The molecule has 2 aromatic heterocycles. The Morgan fingerprint density at radius 2 is 0.885 bits per heavy atom. The molecule has 0 bridgehead atoms. The van der Waals surface area contributed by atoms with Crippen molar-refractivity contribution >= 4 is 11.6 Å². The van der Waals surface area contributed by atoms with E-state index in [9.17, 15) is 0 Å². The molecule has 0 spiro atoms. The highest BCUT2D eigenvalue weighted by atomic mass is 15.2. The van der Waals surface area contributed by atoms with E-state index in [0.29, 0.717) is 0 Å². The Bertz CT molecular complexity index is 618. The van der Waals surface area contributed by atoms with Crippen LogP contribution in [0.1, 0.15) is 49.9 Å². The molecule has 2 aromatic rings. The molecule has 0 atom stereocenters. The number of aromatic nitrogens is 4. The molecule has 0 aliphatic carbocycles. The lowest BCUT2D eigenvalue weighted by molar-refractivity contribution is 0.571. The first-order valence-electron chi connectivity index (χ1n) is 9.81. The minimum atomic E-state index is 1.05. The van der Waals surface area contributed by atoms with E-state index in [2.05, 4.69) is 29.7 Å². The van der Waals surface area contributed by atoms with Crippen LogP contribution in [0.25, 0.3) is 0 Å². The zero-order chi connectivity index (χ0) is 18.2. The zero-order valence-electron chi connectivity index (χ0n) is 16.1. The molecule has 26 heavy (non-hydrogen) atoms. The molecule has 4 rings (SSSR count). The van der Waals surface area contributed by atoms with Gasteiger partial charge in [-0.2, -0.15) is 0 Å². The molecule has 0 aromatic carbocycles. The van der Waals surface area contributed by atoms with Crippen molar-refractivity contribution in [2.75, 3.05) is 36.0 Å². The van der Waals surface area contributed by atoms with Gasteiger partial charge in [-0.3, -0.25) is 9.97 Å². The molecule has 2 aliphatic heterocycles. The molecule has 2 aliphatic rings. The van der Waals surface area contributed by atoms with E-state index >= 15 is 0 Å². The molecule has 2 saturated heterocycles. The smallest absolute Gasteiger partial charge is 0.150 e. The van der Waals surface area contributed by atoms with Crippen molar-refractivity contribution in [3.63, 3.8) is 0 Å². The summed E-state index contributed by atoms with van der Waals surface area (Å²) in [6.07, 6.45) is 14.9. The minimum Gasteiger partial charge on any atom is -0.355 e. The molecule has 2 fully saturated rings. The SMILES string of the molecule is Cc1nccnc1N1CCCCC1.Cc1nccnc1N1CCCCC1. The van der Waals surface area contributed by atoms with Gasteiger partial charge >= 0.3 is 0 Å². The highest BCUT2D eigenvalue weighted by Gasteiger charge is 2.14. The lowest BCUT2D eigenvalue weighted by Crippen LogP contribution is -2.30. The van der Waals surface area contributed by atoms with Crippen LogP contribution in [0, 0.1) is 13.8 Å². The Hall–Kier alpha value is -2.24. The molecule has 6 heteroatoms. The third kappa shape index (κ3) is 4.90. The number of rotatable bonds is 2. The Morgan fingerprint density at radius 3 is 1.23 bits per heavy atom. The summed E-state index contributed by atoms with van der Waals surface area (Å²) in [5, 5.41) is 0. The molecule has 4 heterocycles. The average molecular weight is 355 g/mol. The van der Waals surface area contributed by atoms with E-state index in [1.807, 2.05) is 13.8 Å². The number of piperidine rings is 2. The van der Waals surface area contributed by atoms with E-state index in [4.69, 9.17) is 0 Å². The van der Waals surface area contributed by atoms with Crippen molar-refractivity contribution in [3.8, 4) is 0 Å². The van der Waals surface area contributed by atoms with Crippen molar-refractivity contribution in [1.82, 2.24) is 19.9 Å². The summed E-state index contributed by atoms with van der Waals surface area (Å²) in [6.45, 7) is 8.60. The van der Waals surface area contributed by atoms with Gasteiger partial charge in [0, 0.05) is 51.0 Å². The van der Waals surface area contributed by atoms with Gasteiger partial charge in [0.05, 0.1) is 11.4 Å². The van der Waals surface area contributed by atoms with Gasteiger partial charge in [0.1, 0.15) is 11.6 Å². The first-order chi connectivity index (χ1) is 12.8. The summed E-state index contributed by atoms with van der Waals surface area (Å²) >= 11 is 0. The van der Waals surface area contributed by atoms with Crippen molar-refractivity contribution < 1.29 is 0 Å². The van der Waals surface area contributed by atoms with Gasteiger partial charge in [-0.05, 0) is 52.4 Å². The van der Waals surface area contributed by atoms with Crippen LogP contribution < -0.4 is 9.80 Å². The van der Waals surface area contributed by atoms with Crippen molar-refractivity contribution in [1.29, 1.82) is 0 Å². The topological polar surface area (TPSA) is 58.0 Å². The molecule has 0 N–H and O–H groups in total. The fourth-order valence-electron chi connectivity index (χ4n) is 3.63. The maximum absolute atomic E-state index is 4.37. The normalized spacial score (nSPS) is 17.5. The fourth-order valence-corrected chi connectivity index (χ4v) is 3.63. The van der Waals surface area contributed by atoms with E-state index in [0.717, 1.165) is 49.2 Å². The Labute approximate surface area is 156 Å². The van der Waals surface area contributed by atoms with Crippen LogP contribution >= 0.6 is 0 Å². The molecular formula is C20H30N6. The van der Waals surface area contributed by atoms with Gasteiger partial charge < -0.3 is 9.80 Å². The largest absolute Gasteiger partial charge is 0.355 e. The predicted molar refractivity (Wildman–Crippen MR) is 106 cm³/mol. The minimum absolute atomic E-state index is 1.05. The van der Waals surface area contributed by atoms with E-state index < -0.39 is 0 Å². The predicted octanol–water partition coefficient (Wildman–Crippen LogP) is 3.55. The van der Waals surface area contributed by atoms with Crippen molar-refractivity contribution in [2.45, 2.75) is 52.4 Å². The van der Waals surface area contributed by atoms with Crippen LogP contribution in [0.4, 0.5) is 11.6 Å². The monoisotopic (exact) mass is 354 g/mol. The Morgan fingerprint density at radius 1 is 0.538 bits per heavy atom. The summed E-state index contributed by atoms with van der Waals surface area (Å²) in [7, 11) is 0. The van der Waals surface area contributed by atoms with Crippen LogP contribution in [0.5, 0.6) is 0 Å². The summed E-state index contributed by atoms with van der Waals surface area (Å²) in [4.78, 5) is 21.9. The van der Waals surface area contributed by atoms with Crippen LogP contribution in [-0.4, -0.2) is 46.1 Å². The van der Waals surface area contributed by atoms with E-state index in [1.54, 1.807) is 24.8 Å². The van der Waals surface area contributed by atoms with Gasteiger partial charge in [0.15, 0.2) is 0 Å². The van der Waals surface area contributed by atoms with Gasteiger partial charge in [-0.25, -0.2) is 9.97 Å². The summed E-state index contributed by atoms with van der Waals surface area (Å²) in [5.41, 5.74) is 2.09. The molecular weight excluding hydrogens is 324 g/mol. The maximum atomic E-state index is 4.37. The number of aryl methyl sites for hydroxylation is 2. The lowest BCUT2D eigenvalue weighted by atomic mass is 10.1. The highest BCUT2D eigenvalue weighted by Crippen LogP contribution is 2.19. The molecule has 0 saturated carbocycles. The molecule has 140 valence electrons. The maximum Gasteiger partial charge on any atom is 0.150 e. The third-order valence-corrected chi connectivity index (χ3v) is 5.02. The first-order valence-corrected chi connectivity index (χ1v) is 9.81. The van der Waals surface area contributed by atoms with E-state index in [1.165, 1.54) is 38.5 Å². The Balaban J connectivity index is 0.000000151. The zero-order valence-corrected chi connectivity index (χ0v) is 16.1.